The van der Waals surface area contributed by atoms with Crippen LogP contribution in [0.15, 0.2) is 18.3 Å². The van der Waals surface area contributed by atoms with Crippen LogP contribution in [-0.4, -0.2) is 59.6 Å². The molecule has 2 amide bonds. The summed E-state index contributed by atoms with van der Waals surface area (Å²) in [6, 6.07) is 5.22. The van der Waals surface area contributed by atoms with Crippen LogP contribution in [0.4, 0.5) is 4.79 Å². The summed E-state index contributed by atoms with van der Waals surface area (Å²) in [7, 11) is 2.21. The lowest BCUT2D eigenvalue weighted by Crippen LogP contribution is -2.56. The number of carbonyl (C=O) groups is 1. The Morgan fingerprint density at radius 2 is 2.12 bits per heavy atom. The summed E-state index contributed by atoms with van der Waals surface area (Å²) in [5.74, 6) is 0.475. The van der Waals surface area contributed by atoms with Gasteiger partial charge < -0.3 is 20.1 Å². The van der Waals surface area contributed by atoms with Gasteiger partial charge in [0.2, 0.25) is 0 Å². The third-order valence-electron chi connectivity index (χ3n) is 6.44. The Balaban J connectivity index is 1.64. The Kier molecular flexibility index (Phi) is 4.43. The van der Waals surface area contributed by atoms with E-state index in [-0.39, 0.29) is 12.1 Å². The zero-order valence-electron chi connectivity index (χ0n) is 16.3. The second-order valence-electron chi connectivity index (χ2n) is 7.90. The van der Waals surface area contributed by atoms with Crippen molar-refractivity contribution in [1.82, 2.24) is 20.1 Å². The van der Waals surface area contributed by atoms with Gasteiger partial charge in [0, 0.05) is 54.7 Å². The second kappa shape index (κ2) is 6.62. The Hall–Kier alpha value is -2.01. The van der Waals surface area contributed by atoms with Crippen molar-refractivity contribution < 1.29 is 4.79 Å². The summed E-state index contributed by atoms with van der Waals surface area (Å²) in [6.07, 6.45) is 4.30. The summed E-state index contributed by atoms with van der Waals surface area (Å²) in [6.45, 7) is 8.72. The number of nitrogens with zero attached hydrogens (tertiary/aromatic N) is 2. The molecule has 2 aliphatic rings. The predicted octanol–water partition coefficient (Wildman–Crippen LogP) is 3.24. The van der Waals surface area contributed by atoms with Gasteiger partial charge in [-0.2, -0.15) is 0 Å². The van der Waals surface area contributed by atoms with E-state index in [9.17, 15) is 4.79 Å². The fourth-order valence-corrected chi connectivity index (χ4v) is 5.11. The number of hydrogen-bond donors (Lipinski definition) is 2. The molecule has 1 aromatic heterocycles. The van der Waals surface area contributed by atoms with Gasteiger partial charge in [0.1, 0.15) is 0 Å². The molecule has 0 radical (unpaired) electrons. The number of likely N-dealkylation sites (tertiary alicyclic amines) is 1. The summed E-state index contributed by atoms with van der Waals surface area (Å²) in [5, 5.41) is 4.72. The van der Waals surface area contributed by atoms with Crippen LogP contribution in [0.3, 0.4) is 0 Å². The molecule has 26 heavy (non-hydrogen) atoms. The Morgan fingerprint density at radius 1 is 1.35 bits per heavy atom. The first-order valence-electron chi connectivity index (χ1n) is 9.88. The zero-order valence-corrected chi connectivity index (χ0v) is 16.3. The minimum Gasteiger partial charge on any atom is -0.361 e. The first-order valence-corrected chi connectivity index (χ1v) is 9.88. The van der Waals surface area contributed by atoms with Crippen LogP contribution in [0.5, 0.6) is 0 Å². The zero-order chi connectivity index (χ0) is 18.4. The van der Waals surface area contributed by atoms with Crippen LogP contribution in [0.25, 0.3) is 10.9 Å². The SMILES string of the molecule is CCN(CC)C(=O)N[C@H]1C[C@@H]2c3c(C)ccc4[nH]cc(c34)C[C@H]2N(C)C1. The minimum absolute atomic E-state index is 0.0694. The van der Waals surface area contributed by atoms with Gasteiger partial charge in [0.05, 0.1) is 0 Å². The number of urea groups is 1. The van der Waals surface area contributed by atoms with Gasteiger partial charge in [-0.05, 0) is 63.4 Å². The number of aromatic nitrogens is 1. The van der Waals surface area contributed by atoms with Gasteiger partial charge in [-0.1, -0.05) is 6.07 Å². The lowest BCUT2D eigenvalue weighted by Gasteiger charge is -2.46. The van der Waals surface area contributed by atoms with E-state index in [0.29, 0.717) is 12.0 Å². The van der Waals surface area contributed by atoms with Gasteiger partial charge in [0.25, 0.3) is 0 Å². The number of hydrogen-bond acceptors (Lipinski definition) is 2. The van der Waals surface area contributed by atoms with E-state index in [4.69, 9.17) is 0 Å². The molecule has 2 aromatic rings. The molecule has 5 heteroatoms. The first-order chi connectivity index (χ1) is 12.5. The number of H-pyrrole nitrogens is 1. The average Bonchev–Trinajstić information content (AvgIpc) is 3.02. The van der Waals surface area contributed by atoms with E-state index in [1.807, 2.05) is 18.7 Å². The van der Waals surface area contributed by atoms with Gasteiger partial charge in [-0.3, -0.25) is 0 Å². The van der Waals surface area contributed by atoms with Crippen LogP contribution >= 0.6 is 0 Å². The van der Waals surface area contributed by atoms with E-state index >= 15 is 0 Å². The van der Waals surface area contributed by atoms with Crippen molar-refractivity contribution in [2.45, 2.75) is 51.6 Å². The number of fused-ring (bicyclic) bond motifs is 2. The van der Waals surface area contributed by atoms with Crippen molar-refractivity contribution in [3.63, 3.8) is 0 Å². The maximum atomic E-state index is 12.5. The van der Waals surface area contributed by atoms with Crippen molar-refractivity contribution in [3.8, 4) is 0 Å². The van der Waals surface area contributed by atoms with Crippen LogP contribution < -0.4 is 5.32 Å². The highest BCUT2D eigenvalue weighted by atomic mass is 16.2. The van der Waals surface area contributed by atoms with E-state index in [1.165, 1.54) is 27.6 Å². The molecule has 0 unspecified atom stereocenters. The lowest BCUT2D eigenvalue weighted by molar-refractivity contribution is 0.124. The van der Waals surface area contributed by atoms with Gasteiger partial charge in [0.15, 0.2) is 0 Å². The van der Waals surface area contributed by atoms with Crippen molar-refractivity contribution in [3.05, 3.63) is 35.0 Å². The predicted molar refractivity (Wildman–Crippen MR) is 106 cm³/mol. The molecule has 5 nitrogen and oxygen atoms in total. The van der Waals surface area contributed by atoms with Crippen LogP contribution in [0.2, 0.25) is 0 Å². The van der Waals surface area contributed by atoms with E-state index in [1.54, 1.807) is 0 Å². The third kappa shape index (κ3) is 2.69. The summed E-state index contributed by atoms with van der Waals surface area (Å²) >= 11 is 0. The van der Waals surface area contributed by atoms with Crippen molar-refractivity contribution >= 4 is 16.9 Å². The number of rotatable bonds is 3. The fourth-order valence-electron chi connectivity index (χ4n) is 5.11. The number of nitrogens with one attached hydrogen (secondary N) is 2. The molecule has 3 atom stereocenters. The molecular formula is C21H30N4O. The summed E-state index contributed by atoms with van der Waals surface area (Å²) < 4.78 is 0. The molecule has 140 valence electrons. The highest BCUT2D eigenvalue weighted by Crippen LogP contribution is 2.44. The average molecular weight is 354 g/mol. The number of likely N-dealkylation sites (N-methyl/N-ethyl adjacent to an activating group) is 1. The number of amides is 2. The summed E-state index contributed by atoms with van der Waals surface area (Å²) in [5.41, 5.74) is 5.55. The molecule has 4 rings (SSSR count). The number of piperidine rings is 1. The molecular weight excluding hydrogens is 324 g/mol. The largest absolute Gasteiger partial charge is 0.361 e. The van der Waals surface area contributed by atoms with Crippen molar-refractivity contribution in [1.29, 1.82) is 0 Å². The lowest BCUT2D eigenvalue weighted by atomic mass is 9.72. The van der Waals surface area contributed by atoms with Crippen LogP contribution in [0.1, 0.15) is 42.9 Å². The molecule has 0 saturated carbocycles. The van der Waals surface area contributed by atoms with Gasteiger partial charge in [-0.25, -0.2) is 4.79 Å². The minimum atomic E-state index is 0.0694. The fraction of sp³-hybridized carbons (Fsp3) is 0.571. The molecule has 0 bridgehead atoms. The Morgan fingerprint density at radius 3 is 2.85 bits per heavy atom. The molecule has 2 heterocycles. The maximum Gasteiger partial charge on any atom is 0.317 e. The number of benzene rings is 1. The highest BCUT2D eigenvalue weighted by molar-refractivity contribution is 5.89. The monoisotopic (exact) mass is 354 g/mol. The maximum absolute atomic E-state index is 12.5. The molecule has 1 fully saturated rings. The standard InChI is InChI=1S/C21H30N4O/c1-5-25(6-2)21(26)23-15-10-16-18(24(4)12-15)9-14-11-22-17-8-7-13(3)19(16)20(14)17/h7-8,11,15-16,18,22H,5-6,9-10,12H2,1-4H3,(H,23,26)/t15-,16-,18+/m0/s1. The normalized spacial score (nSPS) is 25.2. The quantitative estimate of drug-likeness (QED) is 0.889. The number of carbonyl (C=O) groups excluding carboxylic acids is 1. The van der Waals surface area contributed by atoms with E-state index in [2.05, 4.69) is 47.5 Å². The topological polar surface area (TPSA) is 51.4 Å². The number of aryl methyl sites for hydroxylation is 1. The molecule has 1 saturated heterocycles. The van der Waals surface area contributed by atoms with Crippen LogP contribution in [0, 0.1) is 6.92 Å². The molecule has 1 aromatic carbocycles. The van der Waals surface area contributed by atoms with Crippen molar-refractivity contribution in [2.75, 3.05) is 26.7 Å². The Labute approximate surface area is 155 Å². The van der Waals surface area contributed by atoms with E-state index in [0.717, 1.165) is 32.5 Å². The molecule has 1 aliphatic heterocycles. The first kappa shape index (κ1) is 17.4. The smallest absolute Gasteiger partial charge is 0.317 e. The van der Waals surface area contributed by atoms with Crippen molar-refractivity contribution in [2.24, 2.45) is 0 Å². The molecule has 0 spiro atoms. The van der Waals surface area contributed by atoms with Gasteiger partial charge >= 0.3 is 6.03 Å². The Bertz CT molecular complexity index is 823. The number of aromatic amines is 1. The highest BCUT2D eigenvalue weighted by Gasteiger charge is 2.40. The van der Waals surface area contributed by atoms with Gasteiger partial charge in [-0.15, -0.1) is 0 Å². The second-order valence-corrected chi connectivity index (χ2v) is 7.90. The summed E-state index contributed by atoms with van der Waals surface area (Å²) in [4.78, 5) is 20.3. The molecule has 1 aliphatic carbocycles. The van der Waals surface area contributed by atoms with E-state index < -0.39 is 0 Å². The molecule has 2 N–H and O–H groups in total. The third-order valence-corrected chi connectivity index (χ3v) is 6.44. The van der Waals surface area contributed by atoms with Crippen LogP contribution in [-0.2, 0) is 6.42 Å².